The Morgan fingerprint density at radius 3 is 2.55 bits per heavy atom. The number of nitro benzene ring substituents is 1. The van der Waals surface area contributed by atoms with E-state index in [4.69, 9.17) is 0 Å². The first kappa shape index (κ1) is 22.4. The van der Waals surface area contributed by atoms with Gasteiger partial charge in [0.2, 0.25) is 0 Å². The van der Waals surface area contributed by atoms with Crippen LogP contribution in [0.1, 0.15) is 45.1 Å². The van der Waals surface area contributed by atoms with Crippen molar-refractivity contribution in [1.82, 2.24) is 5.32 Å². The van der Waals surface area contributed by atoms with E-state index in [2.05, 4.69) is 10.6 Å². The van der Waals surface area contributed by atoms with Gasteiger partial charge in [-0.3, -0.25) is 19.7 Å². The van der Waals surface area contributed by atoms with E-state index in [1.807, 2.05) is 13.8 Å². The molecular weight excluding hydrogens is 425 g/mol. The predicted octanol–water partition coefficient (Wildman–Crippen LogP) is 4.98. The lowest BCUT2D eigenvalue weighted by Crippen LogP contribution is -2.39. The van der Waals surface area contributed by atoms with Crippen molar-refractivity contribution in [3.63, 3.8) is 0 Å². The van der Waals surface area contributed by atoms with Crippen LogP contribution in [0.25, 0.3) is 0 Å². The van der Waals surface area contributed by atoms with Crippen molar-refractivity contribution in [2.24, 2.45) is 5.41 Å². The largest absolute Gasteiger partial charge is 0.362 e. The monoisotopic (exact) mass is 449 g/mol. The minimum atomic E-state index is -0.759. The third kappa shape index (κ3) is 4.41. The van der Waals surface area contributed by atoms with Gasteiger partial charge in [0.05, 0.1) is 4.92 Å². The van der Waals surface area contributed by atoms with Gasteiger partial charge in [-0.1, -0.05) is 26.0 Å². The van der Waals surface area contributed by atoms with E-state index in [1.165, 1.54) is 36.4 Å². The van der Waals surface area contributed by atoms with Gasteiger partial charge in [-0.15, -0.1) is 0 Å². The number of nitrogens with one attached hydrogen (secondary N) is 2. The normalized spacial score (nSPS) is 19.6. The van der Waals surface area contributed by atoms with Crippen LogP contribution in [0, 0.1) is 21.3 Å². The molecule has 2 aliphatic rings. The summed E-state index contributed by atoms with van der Waals surface area (Å²) in [6.45, 7) is 5.77. The molecule has 1 atom stereocenters. The first-order valence-electron chi connectivity index (χ1n) is 10.6. The second kappa shape index (κ2) is 8.27. The van der Waals surface area contributed by atoms with E-state index in [0.29, 0.717) is 40.9 Å². The van der Waals surface area contributed by atoms with Gasteiger partial charge in [0.25, 0.3) is 11.6 Å². The maximum absolute atomic E-state index is 13.4. The SMILES string of the molecule is CC1=C(C(=O)Nc2ccc(F)cc2)C(c2cccc([N+](=O)[O-])c2)C2=C(CC(C)(C)CC2=O)N1. The van der Waals surface area contributed by atoms with Gasteiger partial charge >= 0.3 is 0 Å². The Labute approximate surface area is 190 Å². The molecule has 0 bridgehead atoms. The quantitative estimate of drug-likeness (QED) is 0.507. The molecule has 170 valence electrons. The molecule has 33 heavy (non-hydrogen) atoms. The summed E-state index contributed by atoms with van der Waals surface area (Å²) in [5, 5.41) is 17.4. The zero-order chi connectivity index (χ0) is 23.9. The molecule has 0 saturated heterocycles. The van der Waals surface area contributed by atoms with Gasteiger partial charge in [-0.2, -0.15) is 0 Å². The van der Waals surface area contributed by atoms with Crippen LogP contribution in [-0.4, -0.2) is 16.6 Å². The van der Waals surface area contributed by atoms with E-state index in [1.54, 1.807) is 19.1 Å². The maximum atomic E-state index is 13.4. The molecule has 0 aromatic heterocycles. The number of carbonyl (C=O) groups excluding carboxylic acids is 2. The van der Waals surface area contributed by atoms with E-state index in [9.17, 15) is 24.1 Å². The molecule has 4 rings (SSSR count). The Morgan fingerprint density at radius 2 is 1.88 bits per heavy atom. The molecule has 2 N–H and O–H groups in total. The average molecular weight is 449 g/mol. The number of hydrogen-bond acceptors (Lipinski definition) is 5. The molecule has 7 nitrogen and oxygen atoms in total. The molecule has 1 amide bonds. The lowest BCUT2D eigenvalue weighted by Gasteiger charge is -2.39. The minimum Gasteiger partial charge on any atom is -0.362 e. The molecule has 0 radical (unpaired) electrons. The number of allylic oxidation sites excluding steroid dienone is 3. The van der Waals surface area contributed by atoms with Crippen LogP contribution in [0.2, 0.25) is 0 Å². The number of carbonyl (C=O) groups is 2. The first-order chi connectivity index (χ1) is 15.6. The Kier molecular flexibility index (Phi) is 5.61. The van der Waals surface area contributed by atoms with Crippen molar-refractivity contribution in [3.05, 3.63) is 92.6 Å². The average Bonchev–Trinajstić information content (AvgIpc) is 2.73. The van der Waals surface area contributed by atoms with Gasteiger partial charge in [-0.05, 0) is 48.6 Å². The third-order valence-corrected chi connectivity index (χ3v) is 6.00. The number of nitro groups is 1. The second-order valence-electron chi connectivity index (χ2n) is 9.24. The molecule has 8 heteroatoms. The number of Topliss-reactive ketones (excluding diaryl/α,β-unsaturated/α-hetero) is 1. The zero-order valence-corrected chi connectivity index (χ0v) is 18.6. The first-order valence-corrected chi connectivity index (χ1v) is 10.6. The van der Waals surface area contributed by atoms with Crippen LogP contribution in [0.5, 0.6) is 0 Å². The molecule has 1 unspecified atom stereocenters. The molecular formula is C25H24FN3O4. The van der Waals surface area contributed by atoms with Crippen molar-refractivity contribution < 1.29 is 18.9 Å². The van der Waals surface area contributed by atoms with Crippen LogP contribution in [0.3, 0.4) is 0 Å². The smallest absolute Gasteiger partial charge is 0.269 e. The Balaban J connectivity index is 1.83. The summed E-state index contributed by atoms with van der Waals surface area (Å²) in [6.07, 6.45) is 0.925. The number of hydrogen-bond donors (Lipinski definition) is 2. The zero-order valence-electron chi connectivity index (χ0n) is 18.6. The van der Waals surface area contributed by atoms with Crippen LogP contribution in [0.4, 0.5) is 15.8 Å². The number of dihydropyridines is 1. The molecule has 1 aliphatic carbocycles. The summed E-state index contributed by atoms with van der Waals surface area (Å²) in [6, 6.07) is 11.4. The number of rotatable bonds is 4. The van der Waals surface area contributed by atoms with Crippen LogP contribution >= 0.6 is 0 Å². The number of anilines is 1. The summed E-state index contributed by atoms with van der Waals surface area (Å²) >= 11 is 0. The summed E-state index contributed by atoms with van der Waals surface area (Å²) in [5.74, 6) is -1.75. The van der Waals surface area contributed by atoms with Crippen LogP contribution < -0.4 is 10.6 Å². The van der Waals surface area contributed by atoms with Gasteiger partial charge in [0.1, 0.15) is 5.82 Å². The minimum absolute atomic E-state index is 0.0927. The second-order valence-corrected chi connectivity index (χ2v) is 9.24. The fraction of sp³-hybridized carbons (Fsp3) is 0.280. The Morgan fingerprint density at radius 1 is 1.18 bits per heavy atom. The maximum Gasteiger partial charge on any atom is 0.269 e. The standard InChI is InChI=1S/C25H24FN3O4/c1-14-21(24(31)28-17-9-7-16(26)8-10-17)22(15-5-4-6-18(11-15)29(32)33)23-19(27-14)12-25(2,3)13-20(23)30/h4-11,22,27H,12-13H2,1-3H3,(H,28,31). The lowest BCUT2D eigenvalue weighted by atomic mass is 9.68. The Hall–Kier alpha value is -3.81. The van der Waals surface area contributed by atoms with E-state index >= 15 is 0 Å². The van der Waals surface area contributed by atoms with Crippen molar-refractivity contribution in [2.75, 3.05) is 5.32 Å². The highest BCUT2D eigenvalue weighted by Crippen LogP contribution is 2.47. The lowest BCUT2D eigenvalue weighted by molar-refractivity contribution is -0.384. The molecule has 0 spiro atoms. The van der Waals surface area contributed by atoms with E-state index in [0.717, 1.165) is 5.70 Å². The summed E-state index contributed by atoms with van der Waals surface area (Å²) in [5.41, 5.74) is 2.60. The molecule has 1 heterocycles. The van der Waals surface area contributed by atoms with Gasteiger partial charge in [0.15, 0.2) is 5.78 Å². The van der Waals surface area contributed by atoms with Crippen LogP contribution in [-0.2, 0) is 9.59 Å². The number of benzene rings is 2. The molecule has 0 fully saturated rings. The molecule has 2 aromatic rings. The van der Waals surface area contributed by atoms with E-state index < -0.39 is 22.6 Å². The van der Waals surface area contributed by atoms with Crippen molar-refractivity contribution in [3.8, 4) is 0 Å². The van der Waals surface area contributed by atoms with Crippen molar-refractivity contribution in [1.29, 1.82) is 0 Å². The third-order valence-electron chi connectivity index (χ3n) is 6.00. The fourth-order valence-corrected chi connectivity index (χ4v) is 4.62. The van der Waals surface area contributed by atoms with E-state index in [-0.39, 0.29) is 16.9 Å². The molecule has 2 aromatic carbocycles. The van der Waals surface area contributed by atoms with Crippen molar-refractivity contribution >= 4 is 23.1 Å². The van der Waals surface area contributed by atoms with Crippen LogP contribution in [0.15, 0.2) is 71.1 Å². The van der Waals surface area contributed by atoms with Crippen molar-refractivity contribution in [2.45, 2.75) is 39.5 Å². The summed E-state index contributed by atoms with van der Waals surface area (Å²) in [7, 11) is 0. The number of amides is 1. The van der Waals surface area contributed by atoms with Gasteiger partial charge < -0.3 is 10.6 Å². The predicted molar refractivity (Wildman–Crippen MR) is 122 cm³/mol. The Bertz CT molecular complexity index is 1230. The molecule has 1 aliphatic heterocycles. The number of nitrogens with zero attached hydrogens (tertiary/aromatic N) is 1. The number of non-ortho nitro benzene ring substituents is 1. The van der Waals surface area contributed by atoms with Gasteiger partial charge in [0, 0.05) is 52.7 Å². The number of halogens is 1. The highest BCUT2D eigenvalue weighted by molar-refractivity contribution is 6.10. The summed E-state index contributed by atoms with van der Waals surface area (Å²) < 4.78 is 13.3. The topological polar surface area (TPSA) is 101 Å². The highest BCUT2D eigenvalue weighted by Gasteiger charge is 2.43. The summed E-state index contributed by atoms with van der Waals surface area (Å²) in [4.78, 5) is 37.6. The highest BCUT2D eigenvalue weighted by atomic mass is 19.1. The molecule has 0 saturated carbocycles. The number of ketones is 1. The van der Waals surface area contributed by atoms with Gasteiger partial charge in [-0.25, -0.2) is 4.39 Å². The fourth-order valence-electron chi connectivity index (χ4n) is 4.62.